The van der Waals surface area contributed by atoms with E-state index in [2.05, 4.69) is 23.7 Å². The number of rotatable bonds is 6. The zero-order valence-corrected chi connectivity index (χ0v) is 8.65. The van der Waals surface area contributed by atoms with Crippen LogP contribution in [0.25, 0.3) is 0 Å². The fourth-order valence-corrected chi connectivity index (χ4v) is 0.969. The van der Waals surface area contributed by atoms with Gasteiger partial charge in [0.05, 0.1) is 12.6 Å². The minimum Gasteiger partial charge on any atom is -0.304 e. The molecule has 0 aliphatic carbocycles. The van der Waals surface area contributed by atoms with Crippen LogP contribution in [0.2, 0.25) is 0 Å². The maximum absolute atomic E-state index is 6.55. The Morgan fingerprint density at radius 2 is 1.92 bits per heavy atom. The molecule has 0 aromatic heterocycles. The zero-order valence-electron chi connectivity index (χ0n) is 7.84. The summed E-state index contributed by atoms with van der Waals surface area (Å²) in [6.07, 6.45) is 1.04. The Morgan fingerprint density at radius 3 is 2.33 bits per heavy atom. The fraction of sp³-hybridized carbons (Fsp3) is 0.875. The number of nitrogens with one attached hydrogen (secondary N) is 1. The van der Waals surface area contributed by atoms with Crippen molar-refractivity contribution in [3.8, 4) is 0 Å². The van der Waals surface area contributed by atoms with E-state index < -0.39 is 0 Å². The van der Waals surface area contributed by atoms with Gasteiger partial charge >= 0.3 is 0 Å². The zero-order chi connectivity index (χ0) is 8.53. The first-order chi connectivity index (χ1) is 5.35. The van der Waals surface area contributed by atoms with Crippen molar-refractivity contribution in [3.05, 3.63) is 0 Å². The molecule has 12 heavy (non-hydrogen) atoms. The Labute approximate surface area is 80.8 Å². The van der Waals surface area contributed by atoms with Crippen LogP contribution in [-0.2, 0) is 0 Å². The summed E-state index contributed by atoms with van der Waals surface area (Å²) in [4.78, 5) is 6.05. The van der Waals surface area contributed by atoms with Gasteiger partial charge in [-0.25, -0.2) is 10.4 Å². The molecule has 0 atom stereocenters. The van der Waals surface area contributed by atoms with E-state index >= 15 is 0 Å². The fourth-order valence-electron chi connectivity index (χ4n) is 0.969. The Morgan fingerprint density at radius 1 is 1.33 bits per heavy atom. The van der Waals surface area contributed by atoms with Gasteiger partial charge in [0.25, 0.3) is 0 Å². The average molecular weight is 192 g/mol. The maximum atomic E-state index is 6.55. The summed E-state index contributed by atoms with van der Waals surface area (Å²) in [5, 5.41) is 6.55. The second-order valence-corrected chi connectivity index (χ2v) is 2.37. The molecule has 0 heterocycles. The van der Waals surface area contributed by atoms with Crippen molar-refractivity contribution >= 4 is 18.4 Å². The Balaban J connectivity index is 0. The molecule has 0 aliphatic rings. The van der Waals surface area contributed by atoms with Crippen molar-refractivity contribution in [1.29, 1.82) is 5.41 Å². The molecule has 0 aromatic carbocycles. The molecule has 0 unspecified atom stereocenters. The molecule has 0 saturated heterocycles. The van der Waals surface area contributed by atoms with Crippen LogP contribution in [0.15, 0.2) is 4.99 Å². The van der Waals surface area contributed by atoms with Gasteiger partial charge in [0.1, 0.15) is 0 Å². The molecular formula is C8H18ClN3. The molecule has 0 radical (unpaired) electrons. The minimum atomic E-state index is 0. The summed E-state index contributed by atoms with van der Waals surface area (Å²) in [5.41, 5.74) is 0. The van der Waals surface area contributed by atoms with Gasteiger partial charge in [0, 0.05) is 0 Å². The van der Waals surface area contributed by atoms with E-state index in [1.807, 2.05) is 6.01 Å². The van der Waals surface area contributed by atoms with Crippen molar-refractivity contribution in [3.63, 3.8) is 0 Å². The van der Waals surface area contributed by atoms with Gasteiger partial charge in [0.15, 0.2) is 0 Å². The van der Waals surface area contributed by atoms with Crippen LogP contribution >= 0.6 is 12.4 Å². The lowest BCUT2D eigenvalue weighted by molar-refractivity contribution is 0.302. The molecule has 0 bridgehead atoms. The van der Waals surface area contributed by atoms with Gasteiger partial charge in [-0.15, -0.1) is 12.4 Å². The highest BCUT2D eigenvalue weighted by atomic mass is 35.5. The van der Waals surface area contributed by atoms with Gasteiger partial charge in [-0.05, 0) is 26.1 Å². The predicted octanol–water partition coefficient (Wildman–Crippen LogP) is 1.89. The van der Waals surface area contributed by atoms with Crippen molar-refractivity contribution in [2.75, 3.05) is 26.2 Å². The highest BCUT2D eigenvalue weighted by Crippen LogP contribution is 1.89. The van der Waals surface area contributed by atoms with Crippen LogP contribution in [0, 0.1) is 5.41 Å². The Kier molecular flexibility index (Phi) is 12.6. The van der Waals surface area contributed by atoms with Crippen LogP contribution in [0.4, 0.5) is 0 Å². The summed E-state index contributed by atoms with van der Waals surface area (Å²) in [6, 6.07) is 2.03. The molecular weight excluding hydrogens is 174 g/mol. The van der Waals surface area contributed by atoms with Crippen LogP contribution in [-0.4, -0.2) is 37.1 Å². The van der Waals surface area contributed by atoms with Crippen molar-refractivity contribution < 1.29 is 0 Å². The first kappa shape index (κ1) is 14.2. The summed E-state index contributed by atoms with van der Waals surface area (Å²) in [5.74, 6) is 0. The van der Waals surface area contributed by atoms with E-state index in [4.69, 9.17) is 5.41 Å². The van der Waals surface area contributed by atoms with Crippen LogP contribution in [0.5, 0.6) is 0 Å². The molecule has 0 fully saturated rings. The largest absolute Gasteiger partial charge is 0.304 e. The highest BCUT2D eigenvalue weighted by Gasteiger charge is 1.95. The van der Waals surface area contributed by atoms with Crippen LogP contribution < -0.4 is 0 Å². The van der Waals surface area contributed by atoms with Gasteiger partial charge < -0.3 is 4.90 Å². The lowest BCUT2D eigenvalue weighted by Crippen LogP contribution is -2.24. The van der Waals surface area contributed by atoms with E-state index in [1.54, 1.807) is 0 Å². The highest BCUT2D eigenvalue weighted by molar-refractivity contribution is 5.85. The predicted molar refractivity (Wildman–Crippen MR) is 54.7 cm³/mol. The normalized spacial score (nSPS) is 8.92. The summed E-state index contributed by atoms with van der Waals surface area (Å²) in [6.45, 7) is 8.33. The third kappa shape index (κ3) is 7.73. The van der Waals surface area contributed by atoms with E-state index in [0.717, 1.165) is 32.6 Å². The monoisotopic (exact) mass is 191 g/mol. The molecule has 72 valence electrons. The summed E-state index contributed by atoms with van der Waals surface area (Å²) >= 11 is 0. The first-order valence-electron chi connectivity index (χ1n) is 4.15. The topological polar surface area (TPSA) is 39.5 Å². The SMILES string of the molecule is CCN(CC)CCCN=C=N.Cl. The summed E-state index contributed by atoms with van der Waals surface area (Å²) < 4.78 is 0. The Bertz CT molecular complexity index is 128. The third-order valence-corrected chi connectivity index (χ3v) is 1.72. The molecule has 0 amide bonds. The van der Waals surface area contributed by atoms with Gasteiger partial charge in [-0.2, -0.15) is 0 Å². The lowest BCUT2D eigenvalue weighted by atomic mass is 10.4. The van der Waals surface area contributed by atoms with Crippen molar-refractivity contribution in [2.24, 2.45) is 4.99 Å². The molecule has 1 N–H and O–H groups in total. The van der Waals surface area contributed by atoms with E-state index in [0.29, 0.717) is 0 Å². The van der Waals surface area contributed by atoms with Crippen molar-refractivity contribution in [1.82, 2.24) is 4.90 Å². The molecule has 3 nitrogen and oxygen atoms in total. The number of aliphatic imine (C=N–C) groups is 1. The van der Waals surface area contributed by atoms with E-state index in [9.17, 15) is 0 Å². The second kappa shape index (κ2) is 10.6. The number of halogens is 1. The molecule has 0 saturated carbocycles. The number of hydrogen-bond acceptors (Lipinski definition) is 3. The second-order valence-electron chi connectivity index (χ2n) is 2.37. The Hall–Kier alpha value is -0.370. The van der Waals surface area contributed by atoms with E-state index in [1.165, 1.54) is 0 Å². The van der Waals surface area contributed by atoms with Crippen molar-refractivity contribution in [2.45, 2.75) is 20.3 Å². The molecule has 4 heteroatoms. The maximum Gasteiger partial charge on any atom is 0.0861 e. The quantitative estimate of drug-likeness (QED) is 0.506. The van der Waals surface area contributed by atoms with Gasteiger partial charge in [-0.3, -0.25) is 0 Å². The van der Waals surface area contributed by atoms with Gasteiger partial charge in [0.2, 0.25) is 0 Å². The van der Waals surface area contributed by atoms with Gasteiger partial charge in [-0.1, -0.05) is 13.8 Å². The molecule has 0 rings (SSSR count). The first-order valence-corrected chi connectivity index (χ1v) is 4.15. The summed E-state index contributed by atoms with van der Waals surface area (Å²) in [7, 11) is 0. The third-order valence-electron chi connectivity index (χ3n) is 1.72. The number of hydrogen-bond donors (Lipinski definition) is 1. The van der Waals surface area contributed by atoms with Crippen LogP contribution in [0.3, 0.4) is 0 Å². The standard InChI is InChI=1S/C8H17N3.ClH/c1-3-11(4-2)7-5-6-10-8-9;/h9H,3-7H2,1-2H3;1H. The molecule has 0 aromatic rings. The molecule has 0 aliphatic heterocycles. The number of nitrogens with zero attached hydrogens (tertiary/aromatic N) is 2. The lowest BCUT2D eigenvalue weighted by Gasteiger charge is -2.16. The van der Waals surface area contributed by atoms with E-state index in [-0.39, 0.29) is 12.4 Å². The smallest absolute Gasteiger partial charge is 0.0861 e. The average Bonchev–Trinajstić information content (AvgIpc) is 2.05. The minimum absolute atomic E-state index is 0. The van der Waals surface area contributed by atoms with Crippen LogP contribution in [0.1, 0.15) is 20.3 Å². The molecule has 0 spiro atoms.